The average Bonchev–Trinajstić information content (AvgIpc) is 2.19. The summed E-state index contributed by atoms with van der Waals surface area (Å²) in [7, 11) is 1.55. The van der Waals surface area contributed by atoms with Gasteiger partial charge in [-0.15, -0.1) is 0 Å². The molecule has 0 N–H and O–H groups in total. The molecule has 0 saturated heterocycles. The summed E-state index contributed by atoms with van der Waals surface area (Å²) in [4.78, 5) is 12.0. The van der Waals surface area contributed by atoms with Gasteiger partial charge in [-0.25, -0.2) is 0 Å². The molecule has 0 radical (unpaired) electrons. The molecule has 0 aliphatic heterocycles. The Hall–Kier alpha value is -0.860. The quantitative estimate of drug-likeness (QED) is 0.737. The normalized spacial score (nSPS) is 12.9. The highest BCUT2D eigenvalue weighted by Gasteiger charge is 2.22. The van der Waals surface area contributed by atoms with Crippen molar-refractivity contribution in [2.24, 2.45) is 5.92 Å². The summed E-state index contributed by atoms with van der Waals surface area (Å²) in [6.07, 6.45) is -0.383. The summed E-state index contributed by atoms with van der Waals surface area (Å²) in [5.41, 5.74) is 0.639. The minimum Gasteiger partial charge on any atom is -0.373 e. The lowest BCUT2D eigenvalue weighted by Gasteiger charge is -2.17. The molecule has 1 aromatic carbocycles. The Balaban J connectivity index is 2.88. The molecule has 3 heteroatoms. The van der Waals surface area contributed by atoms with Crippen molar-refractivity contribution in [1.29, 1.82) is 0 Å². The zero-order chi connectivity index (χ0) is 11.4. The van der Waals surface area contributed by atoms with Gasteiger partial charge >= 0.3 is 0 Å². The Morgan fingerprint density at radius 1 is 1.27 bits per heavy atom. The number of Topliss-reactive ketones (excluding diaryl/α,β-unsaturated/α-hetero) is 1. The highest BCUT2D eigenvalue weighted by atomic mass is 35.5. The number of hydrogen-bond donors (Lipinski definition) is 0. The number of carbonyl (C=O) groups is 1. The molecule has 0 fully saturated rings. The van der Waals surface area contributed by atoms with Crippen LogP contribution in [-0.4, -0.2) is 19.0 Å². The van der Waals surface area contributed by atoms with Crippen molar-refractivity contribution in [3.05, 3.63) is 34.9 Å². The van der Waals surface area contributed by atoms with Crippen LogP contribution in [0.1, 0.15) is 24.2 Å². The van der Waals surface area contributed by atoms with E-state index in [9.17, 15) is 4.79 Å². The van der Waals surface area contributed by atoms with E-state index in [2.05, 4.69) is 0 Å². The van der Waals surface area contributed by atoms with Crippen molar-refractivity contribution in [3.63, 3.8) is 0 Å². The second-order valence-electron chi connectivity index (χ2n) is 3.77. The van der Waals surface area contributed by atoms with Gasteiger partial charge in [0.25, 0.3) is 0 Å². The molecule has 82 valence electrons. The fraction of sp³-hybridized carbons (Fsp3) is 0.417. The minimum absolute atomic E-state index is 0.00386. The number of carbonyl (C=O) groups excluding carboxylic acids is 1. The first kappa shape index (κ1) is 12.2. The van der Waals surface area contributed by atoms with Gasteiger partial charge < -0.3 is 4.74 Å². The fourth-order valence-corrected chi connectivity index (χ4v) is 1.59. The Morgan fingerprint density at radius 2 is 1.80 bits per heavy atom. The van der Waals surface area contributed by atoms with Crippen molar-refractivity contribution in [3.8, 4) is 0 Å². The maximum atomic E-state index is 12.0. The van der Waals surface area contributed by atoms with E-state index in [-0.39, 0.29) is 17.8 Å². The second-order valence-corrected chi connectivity index (χ2v) is 4.21. The van der Waals surface area contributed by atoms with E-state index in [1.165, 1.54) is 0 Å². The second kappa shape index (κ2) is 5.29. The van der Waals surface area contributed by atoms with E-state index in [1.807, 2.05) is 13.8 Å². The van der Waals surface area contributed by atoms with Crippen molar-refractivity contribution in [2.75, 3.05) is 7.11 Å². The van der Waals surface area contributed by atoms with Gasteiger partial charge in [0, 0.05) is 17.7 Å². The van der Waals surface area contributed by atoms with Gasteiger partial charge in [-0.1, -0.05) is 25.4 Å². The van der Waals surface area contributed by atoms with Crippen LogP contribution in [0.3, 0.4) is 0 Å². The number of methoxy groups -OCH3 is 1. The molecule has 0 amide bonds. The van der Waals surface area contributed by atoms with Crippen molar-refractivity contribution >= 4 is 17.4 Å². The first-order chi connectivity index (χ1) is 7.06. The SMILES string of the molecule is COC(C(=O)c1ccc(Cl)cc1)C(C)C. The number of ether oxygens (including phenoxy) is 1. The summed E-state index contributed by atoms with van der Waals surface area (Å²) >= 11 is 5.75. The Bertz CT molecular complexity index is 330. The lowest BCUT2D eigenvalue weighted by atomic mass is 9.98. The maximum Gasteiger partial charge on any atom is 0.191 e. The number of hydrogen-bond acceptors (Lipinski definition) is 2. The standard InChI is InChI=1S/C12H15ClO2/c1-8(2)12(15-3)11(14)9-4-6-10(13)7-5-9/h4-8,12H,1-3H3. The van der Waals surface area contributed by atoms with Gasteiger partial charge in [0.2, 0.25) is 0 Å². The van der Waals surface area contributed by atoms with Gasteiger partial charge in [-0.2, -0.15) is 0 Å². The first-order valence-electron chi connectivity index (χ1n) is 4.89. The minimum atomic E-state index is -0.383. The van der Waals surface area contributed by atoms with Crippen LogP contribution in [0.5, 0.6) is 0 Å². The van der Waals surface area contributed by atoms with Crippen LogP contribution < -0.4 is 0 Å². The van der Waals surface area contributed by atoms with E-state index in [0.29, 0.717) is 10.6 Å². The number of rotatable bonds is 4. The molecule has 0 aliphatic rings. The van der Waals surface area contributed by atoms with Crippen molar-refractivity contribution in [2.45, 2.75) is 20.0 Å². The molecule has 1 rings (SSSR count). The third-order valence-corrected chi connectivity index (χ3v) is 2.50. The first-order valence-corrected chi connectivity index (χ1v) is 5.26. The van der Waals surface area contributed by atoms with E-state index in [1.54, 1.807) is 31.4 Å². The smallest absolute Gasteiger partial charge is 0.191 e. The van der Waals surface area contributed by atoms with Crippen LogP contribution in [0.25, 0.3) is 0 Å². The largest absolute Gasteiger partial charge is 0.373 e. The summed E-state index contributed by atoms with van der Waals surface area (Å²) in [5.74, 6) is 0.169. The molecule has 0 spiro atoms. The monoisotopic (exact) mass is 226 g/mol. The van der Waals surface area contributed by atoms with Gasteiger partial charge in [-0.05, 0) is 30.2 Å². The van der Waals surface area contributed by atoms with Gasteiger partial charge in [0.05, 0.1) is 0 Å². The zero-order valence-corrected chi connectivity index (χ0v) is 9.91. The van der Waals surface area contributed by atoms with Crippen LogP contribution in [0.15, 0.2) is 24.3 Å². The summed E-state index contributed by atoms with van der Waals surface area (Å²) in [6, 6.07) is 6.86. The molecule has 1 atom stereocenters. The number of benzene rings is 1. The lowest BCUT2D eigenvalue weighted by Crippen LogP contribution is -2.28. The van der Waals surface area contributed by atoms with Gasteiger partial charge in [0.1, 0.15) is 6.10 Å². The van der Waals surface area contributed by atoms with Crippen LogP contribution in [0, 0.1) is 5.92 Å². The predicted molar refractivity (Wildman–Crippen MR) is 61.4 cm³/mol. The molecule has 0 saturated carbocycles. The molecule has 1 unspecified atom stereocenters. The van der Waals surface area contributed by atoms with Crippen molar-refractivity contribution in [1.82, 2.24) is 0 Å². The molecular formula is C12H15ClO2. The zero-order valence-electron chi connectivity index (χ0n) is 9.16. The Kier molecular flexibility index (Phi) is 4.30. The molecule has 15 heavy (non-hydrogen) atoms. The van der Waals surface area contributed by atoms with E-state index in [4.69, 9.17) is 16.3 Å². The topological polar surface area (TPSA) is 26.3 Å². The Morgan fingerprint density at radius 3 is 2.20 bits per heavy atom. The van der Waals surface area contributed by atoms with Crippen LogP contribution in [-0.2, 0) is 4.74 Å². The van der Waals surface area contributed by atoms with Gasteiger partial charge in [0.15, 0.2) is 5.78 Å². The average molecular weight is 227 g/mol. The summed E-state index contributed by atoms with van der Waals surface area (Å²) in [5, 5.41) is 0.630. The van der Waals surface area contributed by atoms with Crippen molar-refractivity contribution < 1.29 is 9.53 Å². The van der Waals surface area contributed by atoms with Crippen LogP contribution in [0.4, 0.5) is 0 Å². The fourth-order valence-electron chi connectivity index (χ4n) is 1.46. The molecule has 0 heterocycles. The third kappa shape index (κ3) is 3.05. The van der Waals surface area contributed by atoms with Gasteiger partial charge in [-0.3, -0.25) is 4.79 Å². The summed E-state index contributed by atoms with van der Waals surface area (Å²) < 4.78 is 5.18. The Labute approximate surface area is 95.2 Å². The van der Waals surface area contributed by atoms with E-state index >= 15 is 0 Å². The molecule has 2 nitrogen and oxygen atoms in total. The molecule has 0 aliphatic carbocycles. The lowest BCUT2D eigenvalue weighted by molar-refractivity contribution is 0.0459. The number of halogens is 1. The maximum absolute atomic E-state index is 12.0. The van der Waals surface area contributed by atoms with Crippen LogP contribution in [0.2, 0.25) is 5.02 Å². The number of ketones is 1. The molecule has 0 bridgehead atoms. The van der Waals surface area contributed by atoms with E-state index < -0.39 is 0 Å². The summed E-state index contributed by atoms with van der Waals surface area (Å²) in [6.45, 7) is 3.92. The highest BCUT2D eigenvalue weighted by molar-refractivity contribution is 6.30. The van der Waals surface area contributed by atoms with Crippen LogP contribution >= 0.6 is 11.6 Å². The molecule has 0 aromatic heterocycles. The third-order valence-electron chi connectivity index (χ3n) is 2.25. The van der Waals surface area contributed by atoms with E-state index in [0.717, 1.165) is 0 Å². The molecule has 1 aromatic rings. The predicted octanol–water partition coefficient (Wildman–Crippen LogP) is 3.19. The highest BCUT2D eigenvalue weighted by Crippen LogP contribution is 2.15. The molecular weight excluding hydrogens is 212 g/mol.